The minimum atomic E-state index is -0.339. The lowest BCUT2D eigenvalue weighted by atomic mass is 10.1. The Hall–Kier alpha value is -1.88. The van der Waals surface area contributed by atoms with Crippen molar-refractivity contribution in [3.63, 3.8) is 0 Å². The minimum absolute atomic E-state index is 0.161. The first kappa shape index (κ1) is 14.5. The molecule has 0 aliphatic carbocycles. The number of nitrogens with zero attached hydrogens (tertiary/aromatic N) is 1. The van der Waals surface area contributed by atoms with E-state index in [1.54, 1.807) is 24.3 Å². The van der Waals surface area contributed by atoms with Crippen molar-refractivity contribution in [1.29, 1.82) is 0 Å². The molecule has 0 saturated carbocycles. The zero-order chi connectivity index (χ0) is 14.7. The lowest BCUT2D eigenvalue weighted by Crippen LogP contribution is -2.18. The molecule has 2 rings (SSSR count). The smallest absolute Gasteiger partial charge is 0.274 e. The van der Waals surface area contributed by atoms with Gasteiger partial charge in [0.1, 0.15) is 0 Å². The Bertz CT molecular complexity index is 622. The van der Waals surface area contributed by atoms with Gasteiger partial charge in [0.25, 0.3) is 5.69 Å². The average molecular weight is 290 g/mol. The van der Waals surface area contributed by atoms with Gasteiger partial charge >= 0.3 is 0 Å². The van der Waals surface area contributed by atoms with Crippen LogP contribution >= 0.6 is 11.3 Å². The molecule has 1 aromatic carbocycles. The van der Waals surface area contributed by atoms with Gasteiger partial charge in [-0.3, -0.25) is 10.1 Å². The Labute approximate surface area is 122 Å². The van der Waals surface area contributed by atoms with E-state index in [4.69, 9.17) is 0 Å². The molecule has 1 aromatic heterocycles. The van der Waals surface area contributed by atoms with Crippen LogP contribution in [0.4, 0.5) is 11.4 Å². The normalized spacial score (nSPS) is 12.2. The molecule has 5 heteroatoms. The van der Waals surface area contributed by atoms with Crippen molar-refractivity contribution >= 4 is 22.7 Å². The first-order valence-corrected chi connectivity index (χ1v) is 7.35. The maximum absolute atomic E-state index is 10.9. The molecule has 20 heavy (non-hydrogen) atoms. The number of nitro benzene ring substituents is 1. The van der Waals surface area contributed by atoms with Crippen LogP contribution in [0.15, 0.2) is 30.3 Å². The van der Waals surface area contributed by atoms with E-state index in [0.29, 0.717) is 5.56 Å². The van der Waals surface area contributed by atoms with Crippen LogP contribution in [0, 0.1) is 24.0 Å². The van der Waals surface area contributed by atoms with Crippen molar-refractivity contribution in [2.24, 2.45) is 0 Å². The zero-order valence-corrected chi connectivity index (χ0v) is 12.7. The van der Waals surface area contributed by atoms with E-state index in [2.05, 4.69) is 31.3 Å². The maximum atomic E-state index is 10.9. The Morgan fingerprint density at radius 2 is 2.05 bits per heavy atom. The Kier molecular flexibility index (Phi) is 4.39. The first-order chi connectivity index (χ1) is 9.47. The third-order valence-electron chi connectivity index (χ3n) is 3.21. The van der Waals surface area contributed by atoms with Crippen LogP contribution in [0.25, 0.3) is 0 Å². The topological polar surface area (TPSA) is 55.2 Å². The van der Waals surface area contributed by atoms with Crippen LogP contribution in [-0.4, -0.2) is 11.0 Å². The van der Waals surface area contributed by atoms with Crippen LogP contribution in [0.1, 0.15) is 22.2 Å². The van der Waals surface area contributed by atoms with E-state index < -0.39 is 0 Å². The molecule has 0 spiro atoms. The molecule has 0 aliphatic heterocycles. The van der Waals surface area contributed by atoms with Gasteiger partial charge in [-0.05, 0) is 39.0 Å². The second kappa shape index (κ2) is 6.05. The summed E-state index contributed by atoms with van der Waals surface area (Å²) in [6.07, 6.45) is 0.917. The molecule has 1 unspecified atom stereocenters. The Balaban J connectivity index is 2.09. The molecular formula is C15H18N2O2S. The summed E-state index contributed by atoms with van der Waals surface area (Å²) >= 11 is 1.79. The third-order valence-corrected chi connectivity index (χ3v) is 4.23. The molecule has 1 N–H and O–H groups in total. The molecule has 0 bridgehead atoms. The second-order valence-corrected chi connectivity index (χ2v) is 6.34. The number of aryl methyl sites for hydroxylation is 1. The van der Waals surface area contributed by atoms with Gasteiger partial charge < -0.3 is 5.32 Å². The average Bonchev–Trinajstić information content (AvgIpc) is 2.77. The molecule has 0 fully saturated rings. The molecule has 0 radical (unpaired) electrons. The highest BCUT2D eigenvalue weighted by atomic mass is 32.1. The fraction of sp³-hybridized carbons (Fsp3) is 0.333. The van der Waals surface area contributed by atoms with Crippen molar-refractivity contribution in [1.82, 2.24) is 0 Å². The third kappa shape index (κ3) is 3.36. The van der Waals surface area contributed by atoms with Gasteiger partial charge in [0.2, 0.25) is 0 Å². The molecule has 2 aromatic rings. The number of nitrogens with one attached hydrogen (secondary N) is 1. The second-order valence-electron chi connectivity index (χ2n) is 4.97. The fourth-order valence-corrected chi connectivity index (χ4v) is 3.21. The largest absolute Gasteiger partial charge is 0.382 e. The van der Waals surface area contributed by atoms with Crippen LogP contribution < -0.4 is 5.32 Å². The standard InChI is InChI=1S/C15H18N2O2S/c1-10(9-13-8-7-11(2)20-13)16-14-5-4-6-15(12(14)3)17(18)19/h4-8,10,16H,9H2,1-3H3. The van der Waals surface area contributed by atoms with Gasteiger partial charge in [-0.25, -0.2) is 0 Å². The van der Waals surface area contributed by atoms with Crippen molar-refractivity contribution in [2.45, 2.75) is 33.2 Å². The summed E-state index contributed by atoms with van der Waals surface area (Å²) in [6.45, 7) is 5.97. The molecule has 1 atom stereocenters. The van der Waals surface area contributed by atoms with Crippen LogP contribution in [0.3, 0.4) is 0 Å². The van der Waals surface area contributed by atoms with Gasteiger partial charge in [-0.2, -0.15) is 0 Å². The van der Waals surface area contributed by atoms with Crippen molar-refractivity contribution in [2.75, 3.05) is 5.32 Å². The summed E-state index contributed by atoms with van der Waals surface area (Å²) in [7, 11) is 0. The van der Waals surface area contributed by atoms with E-state index in [1.807, 2.05) is 6.07 Å². The highest BCUT2D eigenvalue weighted by Crippen LogP contribution is 2.26. The molecule has 0 aliphatic rings. The van der Waals surface area contributed by atoms with E-state index in [9.17, 15) is 10.1 Å². The summed E-state index contributed by atoms with van der Waals surface area (Å²) in [5, 5.41) is 14.3. The minimum Gasteiger partial charge on any atom is -0.382 e. The summed E-state index contributed by atoms with van der Waals surface area (Å²) < 4.78 is 0. The number of hydrogen-bond donors (Lipinski definition) is 1. The molecular weight excluding hydrogens is 272 g/mol. The lowest BCUT2D eigenvalue weighted by molar-refractivity contribution is -0.385. The van der Waals surface area contributed by atoms with Gasteiger partial charge in [0.15, 0.2) is 0 Å². The number of nitro groups is 1. The monoisotopic (exact) mass is 290 g/mol. The number of rotatable bonds is 5. The van der Waals surface area contributed by atoms with Gasteiger partial charge in [-0.1, -0.05) is 6.07 Å². The predicted octanol–water partition coefficient (Wildman–Crippen LogP) is 4.32. The predicted molar refractivity (Wildman–Crippen MR) is 83.7 cm³/mol. The van der Waals surface area contributed by atoms with Crippen molar-refractivity contribution in [3.8, 4) is 0 Å². The Morgan fingerprint density at radius 1 is 1.30 bits per heavy atom. The van der Waals surface area contributed by atoms with Crippen LogP contribution in [0.5, 0.6) is 0 Å². The van der Waals surface area contributed by atoms with E-state index in [1.165, 1.54) is 15.8 Å². The summed E-state index contributed by atoms with van der Waals surface area (Å²) in [5.41, 5.74) is 1.68. The lowest BCUT2D eigenvalue weighted by Gasteiger charge is -2.16. The highest BCUT2D eigenvalue weighted by molar-refractivity contribution is 7.11. The quantitative estimate of drug-likeness (QED) is 0.659. The molecule has 1 heterocycles. The van der Waals surface area contributed by atoms with Crippen molar-refractivity contribution < 1.29 is 4.92 Å². The Morgan fingerprint density at radius 3 is 2.65 bits per heavy atom. The highest BCUT2D eigenvalue weighted by Gasteiger charge is 2.14. The summed E-state index contributed by atoms with van der Waals surface area (Å²) in [4.78, 5) is 13.2. The molecule has 0 saturated heterocycles. The maximum Gasteiger partial charge on any atom is 0.274 e. The number of anilines is 1. The summed E-state index contributed by atoms with van der Waals surface area (Å²) in [6, 6.07) is 9.62. The molecule has 106 valence electrons. The van der Waals surface area contributed by atoms with Crippen molar-refractivity contribution in [3.05, 3.63) is 55.8 Å². The van der Waals surface area contributed by atoms with Gasteiger partial charge in [0, 0.05) is 39.5 Å². The summed E-state index contributed by atoms with van der Waals surface area (Å²) in [5.74, 6) is 0. The van der Waals surface area contributed by atoms with Crippen LogP contribution in [0.2, 0.25) is 0 Å². The number of thiophene rings is 1. The fourth-order valence-electron chi connectivity index (χ4n) is 2.19. The first-order valence-electron chi connectivity index (χ1n) is 6.53. The number of hydrogen-bond acceptors (Lipinski definition) is 4. The van der Waals surface area contributed by atoms with Gasteiger partial charge in [0.05, 0.1) is 4.92 Å². The van der Waals surface area contributed by atoms with E-state index >= 15 is 0 Å². The zero-order valence-electron chi connectivity index (χ0n) is 11.8. The van der Waals surface area contributed by atoms with E-state index in [-0.39, 0.29) is 16.7 Å². The SMILES string of the molecule is Cc1ccc(CC(C)Nc2cccc([N+](=O)[O-])c2C)s1. The molecule has 0 amide bonds. The number of benzene rings is 1. The van der Waals surface area contributed by atoms with Crippen LogP contribution in [-0.2, 0) is 6.42 Å². The van der Waals surface area contributed by atoms with E-state index in [0.717, 1.165) is 12.1 Å². The van der Waals surface area contributed by atoms with Gasteiger partial charge in [-0.15, -0.1) is 11.3 Å². The molecule has 4 nitrogen and oxygen atoms in total.